The van der Waals surface area contributed by atoms with Crippen molar-refractivity contribution < 1.29 is 22.7 Å². The maximum atomic E-state index is 12.6. The molecule has 0 fully saturated rings. The van der Waals surface area contributed by atoms with Gasteiger partial charge in [-0.25, -0.2) is 18.4 Å². The number of carbonyl (C=O) groups is 1. The molecule has 3 rings (SSSR count). The topological polar surface area (TPSA) is 132 Å². The number of amides is 1. The molecule has 1 amide bonds. The number of rotatable bonds is 10. The molecule has 0 bridgehead atoms. The van der Waals surface area contributed by atoms with Crippen LogP contribution in [0.15, 0.2) is 65.8 Å². The van der Waals surface area contributed by atoms with Gasteiger partial charge in [0.05, 0.1) is 18.6 Å². The van der Waals surface area contributed by atoms with Gasteiger partial charge in [0.15, 0.2) is 5.11 Å². The van der Waals surface area contributed by atoms with Crippen LogP contribution in [0.2, 0.25) is 0 Å². The molecule has 3 aromatic rings. The molecule has 190 valence electrons. The molecule has 0 aliphatic rings. The minimum Gasteiger partial charge on any atom is -0.494 e. The van der Waals surface area contributed by atoms with Crippen molar-refractivity contribution in [2.75, 3.05) is 23.8 Å². The van der Waals surface area contributed by atoms with Crippen LogP contribution >= 0.6 is 12.2 Å². The number of thiocarbonyl (C=S) groups is 1. The van der Waals surface area contributed by atoms with E-state index in [1.165, 1.54) is 43.8 Å². The minimum atomic E-state index is -3.89. The quantitative estimate of drug-likeness (QED) is 0.335. The van der Waals surface area contributed by atoms with Gasteiger partial charge in [0, 0.05) is 17.3 Å². The van der Waals surface area contributed by atoms with Crippen molar-refractivity contribution >= 4 is 44.8 Å². The number of methoxy groups -OCH3 is 1. The van der Waals surface area contributed by atoms with Crippen molar-refractivity contribution in [2.45, 2.75) is 25.2 Å². The molecule has 3 N–H and O–H groups in total. The van der Waals surface area contributed by atoms with E-state index in [-0.39, 0.29) is 27.6 Å². The average molecular weight is 530 g/mol. The van der Waals surface area contributed by atoms with Gasteiger partial charge < -0.3 is 14.8 Å². The summed E-state index contributed by atoms with van der Waals surface area (Å²) in [6.45, 7) is 4.87. The summed E-state index contributed by atoms with van der Waals surface area (Å²) in [6, 6.07) is 14.0. The second-order valence-corrected chi connectivity index (χ2v) is 10.1. The summed E-state index contributed by atoms with van der Waals surface area (Å²) < 4.78 is 38.2. The number of hydrogen-bond donors (Lipinski definition) is 3. The Labute approximate surface area is 215 Å². The first kappa shape index (κ1) is 26.8. The van der Waals surface area contributed by atoms with Gasteiger partial charge in [-0.15, -0.1) is 0 Å². The monoisotopic (exact) mass is 529 g/mol. The van der Waals surface area contributed by atoms with E-state index >= 15 is 0 Å². The van der Waals surface area contributed by atoms with Crippen molar-refractivity contribution in [1.82, 2.24) is 15.3 Å². The van der Waals surface area contributed by atoms with Crippen LogP contribution in [0.1, 0.15) is 30.6 Å². The lowest BCUT2D eigenvalue weighted by atomic mass is 10.1. The van der Waals surface area contributed by atoms with E-state index in [2.05, 4.69) is 39.2 Å². The molecule has 1 heterocycles. The predicted octanol–water partition coefficient (Wildman–Crippen LogP) is 3.84. The summed E-state index contributed by atoms with van der Waals surface area (Å²) in [5.41, 5.74) is 0.918. The lowest BCUT2D eigenvalue weighted by molar-refractivity contribution is 0.0977. The highest BCUT2D eigenvalue weighted by molar-refractivity contribution is 7.92. The molecule has 36 heavy (non-hydrogen) atoms. The normalized spacial score (nSPS) is 11.0. The van der Waals surface area contributed by atoms with Crippen LogP contribution < -0.4 is 24.8 Å². The number of benzene rings is 2. The van der Waals surface area contributed by atoms with Crippen molar-refractivity contribution in [3.63, 3.8) is 0 Å². The Balaban J connectivity index is 1.54. The van der Waals surface area contributed by atoms with Crippen molar-refractivity contribution in [1.29, 1.82) is 0 Å². The molecule has 1 aromatic heterocycles. The third-order valence-corrected chi connectivity index (χ3v) is 6.39. The fourth-order valence-corrected chi connectivity index (χ4v) is 4.08. The molecular formula is C24H27N5O5S2. The number of nitrogens with zero attached hydrogens (tertiary/aromatic N) is 2. The molecule has 12 heteroatoms. The Morgan fingerprint density at radius 2 is 1.75 bits per heavy atom. The number of aromatic nitrogens is 2. The summed E-state index contributed by atoms with van der Waals surface area (Å²) in [7, 11) is -2.47. The molecule has 0 unspecified atom stereocenters. The van der Waals surface area contributed by atoms with E-state index < -0.39 is 10.0 Å². The zero-order valence-corrected chi connectivity index (χ0v) is 21.7. The van der Waals surface area contributed by atoms with E-state index in [0.717, 1.165) is 6.42 Å². The minimum absolute atomic E-state index is 0.0104. The number of sulfonamides is 1. The van der Waals surface area contributed by atoms with Gasteiger partial charge in [-0.1, -0.05) is 13.8 Å². The summed E-state index contributed by atoms with van der Waals surface area (Å²) in [6.07, 6.45) is 2.14. The lowest BCUT2D eigenvalue weighted by Gasteiger charge is -2.12. The van der Waals surface area contributed by atoms with E-state index in [1.807, 2.05) is 0 Å². The van der Waals surface area contributed by atoms with Gasteiger partial charge in [-0.2, -0.15) is 0 Å². The van der Waals surface area contributed by atoms with Gasteiger partial charge in [0.2, 0.25) is 5.88 Å². The number of nitrogens with one attached hydrogen (secondary N) is 3. The van der Waals surface area contributed by atoms with Gasteiger partial charge in [-0.3, -0.25) is 14.8 Å². The van der Waals surface area contributed by atoms with Gasteiger partial charge in [-0.05, 0) is 73.1 Å². The molecular weight excluding hydrogens is 502 g/mol. The van der Waals surface area contributed by atoms with E-state index in [9.17, 15) is 13.2 Å². The second kappa shape index (κ2) is 12.3. The average Bonchev–Trinajstić information content (AvgIpc) is 2.84. The number of ether oxygens (including phenoxy) is 2. The molecule has 0 saturated carbocycles. The van der Waals surface area contributed by atoms with Crippen molar-refractivity contribution in [3.8, 4) is 11.6 Å². The Morgan fingerprint density at radius 3 is 2.39 bits per heavy atom. The van der Waals surface area contributed by atoms with Crippen LogP contribution in [-0.2, 0) is 10.0 Å². The molecule has 0 aliphatic carbocycles. The fourth-order valence-electron chi connectivity index (χ4n) is 2.87. The summed E-state index contributed by atoms with van der Waals surface area (Å²) in [4.78, 5) is 20.2. The second-order valence-electron chi connectivity index (χ2n) is 8.04. The number of anilines is 2. The molecule has 2 aromatic carbocycles. The fraction of sp³-hybridized carbons (Fsp3) is 0.250. The zero-order chi connectivity index (χ0) is 26.1. The Morgan fingerprint density at radius 1 is 1.06 bits per heavy atom. The van der Waals surface area contributed by atoms with E-state index in [0.29, 0.717) is 29.5 Å². The summed E-state index contributed by atoms with van der Waals surface area (Å²) >= 11 is 5.21. The predicted molar refractivity (Wildman–Crippen MR) is 141 cm³/mol. The Kier molecular flexibility index (Phi) is 9.14. The van der Waals surface area contributed by atoms with E-state index in [1.54, 1.807) is 24.3 Å². The molecule has 0 spiro atoms. The van der Waals surface area contributed by atoms with Gasteiger partial charge in [0.25, 0.3) is 15.9 Å². The zero-order valence-electron chi connectivity index (χ0n) is 20.0. The third-order valence-electron chi connectivity index (χ3n) is 4.82. The SMILES string of the molecule is COc1cc(NS(=O)(=O)c2ccc(NC(=S)NC(=O)c3ccc(OCCC(C)C)cc3)cc2)ncn1. The van der Waals surface area contributed by atoms with Crippen LogP contribution in [0.3, 0.4) is 0 Å². The van der Waals surface area contributed by atoms with E-state index in [4.69, 9.17) is 21.7 Å². The first-order chi connectivity index (χ1) is 17.2. The van der Waals surface area contributed by atoms with Crippen LogP contribution in [0.25, 0.3) is 0 Å². The summed E-state index contributed by atoms with van der Waals surface area (Å²) in [5.74, 6) is 1.16. The highest BCUT2D eigenvalue weighted by Gasteiger charge is 2.16. The summed E-state index contributed by atoms with van der Waals surface area (Å²) in [5, 5.41) is 5.52. The van der Waals surface area contributed by atoms with Gasteiger partial charge >= 0.3 is 0 Å². The van der Waals surface area contributed by atoms with Crippen molar-refractivity contribution in [3.05, 3.63) is 66.5 Å². The first-order valence-electron chi connectivity index (χ1n) is 11.0. The maximum Gasteiger partial charge on any atom is 0.263 e. The maximum absolute atomic E-state index is 12.6. The standard InChI is InChI=1S/C24H27N5O5S2/c1-16(2)12-13-34-19-8-4-17(5-9-19)23(30)28-24(35)27-18-6-10-20(11-7-18)36(31,32)29-21-14-22(33-3)26-15-25-21/h4-11,14-16H,12-13H2,1-3H3,(H,25,26,29)(H2,27,28,30,35). The number of hydrogen-bond acceptors (Lipinski definition) is 8. The van der Waals surface area contributed by atoms with Crippen LogP contribution in [0.4, 0.5) is 11.5 Å². The highest BCUT2D eigenvalue weighted by atomic mass is 32.2. The van der Waals surface area contributed by atoms with Gasteiger partial charge in [0.1, 0.15) is 17.9 Å². The molecule has 0 saturated heterocycles. The highest BCUT2D eigenvalue weighted by Crippen LogP contribution is 2.19. The lowest BCUT2D eigenvalue weighted by Crippen LogP contribution is -2.34. The van der Waals surface area contributed by atoms with Crippen LogP contribution in [0.5, 0.6) is 11.6 Å². The smallest absolute Gasteiger partial charge is 0.263 e. The molecule has 0 radical (unpaired) electrons. The van der Waals surface area contributed by atoms with Crippen molar-refractivity contribution in [2.24, 2.45) is 5.92 Å². The molecule has 10 nitrogen and oxygen atoms in total. The molecule has 0 aliphatic heterocycles. The Hall–Kier alpha value is -3.77. The van der Waals surface area contributed by atoms with Crippen LogP contribution in [0, 0.1) is 5.92 Å². The van der Waals surface area contributed by atoms with Crippen LogP contribution in [-0.4, -0.2) is 43.1 Å². The third kappa shape index (κ3) is 7.89. The largest absolute Gasteiger partial charge is 0.494 e. The Bertz CT molecular complexity index is 1300. The first-order valence-corrected chi connectivity index (χ1v) is 12.9. The molecule has 0 atom stereocenters. The number of carbonyl (C=O) groups excluding carboxylic acids is 1.